The fourth-order valence-corrected chi connectivity index (χ4v) is 4.02. The Labute approximate surface area is 225 Å². The molecule has 0 spiro atoms. The standard InChI is InChI=1S/C29H41N3O6/c1-6-7-16-30-26(35)25(23-11-9-8-10-20(23)2)32(17-18-33)27(36)24(31-28(37)38-29(3,4)5)19-21-12-14-22(34)15-13-21/h8-15,24-25,33-34H,6-7,16-19H2,1-5H3,(H,30,35)(H,31,37). The molecular formula is C29H41N3O6. The average Bonchev–Trinajstić information content (AvgIpc) is 2.84. The number of hydrogen-bond donors (Lipinski definition) is 4. The summed E-state index contributed by atoms with van der Waals surface area (Å²) in [6.45, 7) is 8.98. The van der Waals surface area contributed by atoms with Gasteiger partial charge in [0.1, 0.15) is 23.4 Å². The van der Waals surface area contributed by atoms with Crippen molar-refractivity contribution in [2.24, 2.45) is 0 Å². The molecule has 208 valence electrons. The van der Waals surface area contributed by atoms with E-state index in [0.29, 0.717) is 17.7 Å². The van der Waals surface area contributed by atoms with Crippen LogP contribution >= 0.6 is 0 Å². The first-order valence-corrected chi connectivity index (χ1v) is 13.0. The lowest BCUT2D eigenvalue weighted by Crippen LogP contribution is -2.54. The van der Waals surface area contributed by atoms with E-state index in [1.165, 1.54) is 17.0 Å². The normalized spacial score (nSPS) is 12.8. The summed E-state index contributed by atoms with van der Waals surface area (Å²) < 4.78 is 5.40. The molecular weight excluding hydrogens is 486 g/mol. The number of aliphatic hydroxyl groups is 1. The lowest BCUT2D eigenvalue weighted by atomic mass is 9.97. The van der Waals surface area contributed by atoms with Crippen LogP contribution in [0.3, 0.4) is 0 Å². The van der Waals surface area contributed by atoms with Gasteiger partial charge in [-0.05, 0) is 62.9 Å². The smallest absolute Gasteiger partial charge is 0.408 e. The van der Waals surface area contributed by atoms with Crippen LogP contribution in [0, 0.1) is 6.92 Å². The number of benzene rings is 2. The Kier molecular flexibility index (Phi) is 11.6. The van der Waals surface area contributed by atoms with Crippen LogP contribution in [0.15, 0.2) is 48.5 Å². The number of aliphatic hydroxyl groups excluding tert-OH is 1. The van der Waals surface area contributed by atoms with Gasteiger partial charge in [0.05, 0.1) is 6.61 Å². The molecule has 3 amide bonds. The predicted octanol–water partition coefficient (Wildman–Crippen LogP) is 3.61. The van der Waals surface area contributed by atoms with Crippen LogP contribution < -0.4 is 10.6 Å². The number of ether oxygens (including phenoxy) is 1. The largest absolute Gasteiger partial charge is 0.508 e. The first-order chi connectivity index (χ1) is 18.0. The number of rotatable bonds is 12. The molecule has 0 bridgehead atoms. The summed E-state index contributed by atoms with van der Waals surface area (Å²) in [6.07, 6.45) is 0.976. The van der Waals surface area contributed by atoms with Gasteiger partial charge in [0.15, 0.2) is 0 Å². The van der Waals surface area contributed by atoms with Crippen LogP contribution in [0.25, 0.3) is 0 Å². The summed E-state index contributed by atoms with van der Waals surface area (Å²) >= 11 is 0. The quantitative estimate of drug-likeness (QED) is 0.312. The van der Waals surface area contributed by atoms with Gasteiger partial charge >= 0.3 is 6.09 Å². The van der Waals surface area contributed by atoms with Crippen molar-refractivity contribution in [3.05, 3.63) is 65.2 Å². The van der Waals surface area contributed by atoms with E-state index in [2.05, 4.69) is 10.6 Å². The van der Waals surface area contributed by atoms with Gasteiger partial charge in [0.2, 0.25) is 11.8 Å². The predicted molar refractivity (Wildman–Crippen MR) is 146 cm³/mol. The highest BCUT2D eigenvalue weighted by Gasteiger charge is 2.36. The van der Waals surface area contributed by atoms with Gasteiger partial charge in [-0.25, -0.2) is 4.79 Å². The van der Waals surface area contributed by atoms with Crippen molar-refractivity contribution < 1.29 is 29.3 Å². The molecule has 9 nitrogen and oxygen atoms in total. The molecule has 2 atom stereocenters. The van der Waals surface area contributed by atoms with Crippen molar-refractivity contribution in [3.8, 4) is 5.75 Å². The molecule has 0 saturated heterocycles. The maximum absolute atomic E-state index is 14.1. The lowest BCUT2D eigenvalue weighted by molar-refractivity contribution is -0.143. The fourth-order valence-electron chi connectivity index (χ4n) is 4.02. The van der Waals surface area contributed by atoms with Crippen LogP contribution in [0.4, 0.5) is 4.79 Å². The highest BCUT2D eigenvalue weighted by Crippen LogP contribution is 2.26. The first-order valence-electron chi connectivity index (χ1n) is 13.0. The summed E-state index contributed by atoms with van der Waals surface area (Å²) in [5, 5.41) is 25.2. The number of carbonyl (C=O) groups excluding carboxylic acids is 3. The Morgan fingerprint density at radius 3 is 2.29 bits per heavy atom. The molecule has 38 heavy (non-hydrogen) atoms. The number of phenolic OH excluding ortho intramolecular Hbond substituents is 1. The summed E-state index contributed by atoms with van der Waals surface area (Å²) in [7, 11) is 0. The van der Waals surface area contributed by atoms with E-state index in [0.717, 1.165) is 18.4 Å². The highest BCUT2D eigenvalue weighted by atomic mass is 16.6. The molecule has 0 radical (unpaired) electrons. The molecule has 2 aromatic carbocycles. The van der Waals surface area contributed by atoms with Gasteiger partial charge in [-0.3, -0.25) is 9.59 Å². The van der Waals surface area contributed by atoms with Crippen LogP contribution in [0.1, 0.15) is 63.3 Å². The molecule has 9 heteroatoms. The third kappa shape index (κ3) is 9.37. The third-order valence-corrected chi connectivity index (χ3v) is 5.86. The number of nitrogens with zero attached hydrogens (tertiary/aromatic N) is 1. The van der Waals surface area contributed by atoms with Crippen LogP contribution in [-0.4, -0.2) is 64.4 Å². The SMILES string of the molecule is CCCCNC(=O)C(c1ccccc1C)N(CCO)C(=O)C(Cc1ccc(O)cc1)NC(=O)OC(C)(C)C. The lowest BCUT2D eigenvalue weighted by Gasteiger charge is -2.34. The first kappa shape index (κ1) is 30.6. The van der Waals surface area contributed by atoms with E-state index in [1.807, 2.05) is 26.0 Å². The van der Waals surface area contributed by atoms with E-state index in [9.17, 15) is 24.6 Å². The molecule has 0 aliphatic heterocycles. The average molecular weight is 528 g/mol. The second-order valence-electron chi connectivity index (χ2n) is 10.2. The molecule has 0 saturated carbocycles. The van der Waals surface area contributed by atoms with Crippen molar-refractivity contribution >= 4 is 17.9 Å². The number of phenols is 1. The second kappa shape index (κ2) is 14.4. The molecule has 0 heterocycles. The number of alkyl carbamates (subject to hydrolysis) is 1. The third-order valence-electron chi connectivity index (χ3n) is 5.86. The fraction of sp³-hybridized carbons (Fsp3) is 0.483. The van der Waals surface area contributed by atoms with Crippen molar-refractivity contribution in [3.63, 3.8) is 0 Å². The van der Waals surface area contributed by atoms with Crippen LogP contribution in [0.2, 0.25) is 0 Å². The zero-order valence-electron chi connectivity index (χ0n) is 23.0. The number of aryl methyl sites for hydroxylation is 1. The summed E-state index contributed by atoms with van der Waals surface area (Å²) in [5.74, 6) is -0.839. The molecule has 0 aromatic heterocycles. The van der Waals surface area contributed by atoms with E-state index >= 15 is 0 Å². The van der Waals surface area contributed by atoms with Gasteiger partial charge in [-0.1, -0.05) is 49.7 Å². The van der Waals surface area contributed by atoms with Gasteiger partial charge in [-0.15, -0.1) is 0 Å². The van der Waals surface area contributed by atoms with Gasteiger partial charge in [0, 0.05) is 19.5 Å². The van der Waals surface area contributed by atoms with Crippen molar-refractivity contribution in [2.75, 3.05) is 19.7 Å². The Balaban J connectivity index is 2.50. The zero-order chi connectivity index (χ0) is 28.3. The maximum Gasteiger partial charge on any atom is 0.408 e. The number of unbranched alkanes of at least 4 members (excludes halogenated alkanes) is 1. The molecule has 2 rings (SSSR count). The Bertz CT molecular complexity index is 1060. The molecule has 0 fully saturated rings. The zero-order valence-corrected chi connectivity index (χ0v) is 23.0. The van der Waals surface area contributed by atoms with Gasteiger partial charge in [0.25, 0.3) is 0 Å². The Morgan fingerprint density at radius 1 is 1.05 bits per heavy atom. The van der Waals surface area contributed by atoms with Gasteiger partial charge in [-0.2, -0.15) is 0 Å². The van der Waals surface area contributed by atoms with Crippen molar-refractivity contribution in [2.45, 2.75) is 71.6 Å². The van der Waals surface area contributed by atoms with E-state index in [4.69, 9.17) is 4.74 Å². The molecule has 0 aliphatic carbocycles. The molecule has 0 aliphatic rings. The Morgan fingerprint density at radius 2 is 1.71 bits per heavy atom. The summed E-state index contributed by atoms with van der Waals surface area (Å²) in [6, 6.07) is 11.5. The van der Waals surface area contributed by atoms with Crippen LogP contribution in [0.5, 0.6) is 5.75 Å². The number of aromatic hydroxyl groups is 1. The minimum atomic E-state index is -1.10. The van der Waals surface area contributed by atoms with Crippen LogP contribution in [-0.2, 0) is 20.7 Å². The topological polar surface area (TPSA) is 128 Å². The second-order valence-corrected chi connectivity index (χ2v) is 10.2. The van der Waals surface area contributed by atoms with E-state index < -0.39 is 29.7 Å². The molecule has 2 aromatic rings. The highest BCUT2D eigenvalue weighted by molar-refractivity contribution is 5.92. The minimum absolute atomic E-state index is 0.0713. The summed E-state index contributed by atoms with van der Waals surface area (Å²) in [4.78, 5) is 41.6. The summed E-state index contributed by atoms with van der Waals surface area (Å²) in [5.41, 5.74) is 1.34. The number of carbonyl (C=O) groups is 3. The molecule has 2 unspecified atom stereocenters. The monoisotopic (exact) mass is 527 g/mol. The number of amides is 3. The Hall–Kier alpha value is -3.59. The number of nitrogens with one attached hydrogen (secondary N) is 2. The van der Waals surface area contributed by atoms with E-state index in [1.54, 1.807) is 45.0 Å². The van der Waals surface area contributed by atoms with Crippen molar-refractivity contribution in [1.82, 2.24) is 15.5 Å². The maximum atomic E-state index is 14.1. The van der Waals surface area contributed by atoms with E-state index in [-0.39, 0.29) is 31.2 Å². The number of hydrogen-bond acceptors (Lipinski definition) is 6. The minimum Gasteiger partial charge on any atom is -0.508 e. The molecule has 4 N–H and O–H groups in total. The van der Waals surface area contributed by atoms with Crippen molar-refractivity contribution in [1.29, 1.82) is 0 Å². The van der Waals surface area contributed by atoms with Gasteiger partial charge < -0.3 is 30.5 Å².